The van der Waals surface area contributed by atoms with Crippen molar-refractivity contribution in [2.75, 3.05) is 25.5 Å². The molecule has 206 valence electrons. The zero-order chi connectivity index (χ0) is 27.8. The molecule has 0 bridgehead atoms. The minimum absolute atomic E-state index is 0.0277. The number of piperidine rings is 1. The van der Waals surface area contributed by atoms with Gasteiger partial charge in [0.25, 0.3) is 5.91 Å². The van der Waals surface area contributed by atoms with E-state index in [-0.39, 0.29) is 29.7 Å². The van der Waals surface area contributed by atoms with E-state index in [0.29, 0.717) is 37.1 Å². The first kappa shape index (κ1) is 27.2. The Labute approximate surface area is 226 Å². The van der Waals surface area contributed by atoms with Crippen molar-refractivity contribution < 1.29 is 26.4 Å². The average molecular weight is 558 g/mol. The number of alkyl halides is 3. The Balaban J connectivity index is 1.18. The van der Waals surface area contributed by atoms with E-state index in [2.05, 4.69) is 10.6 Å². The van der Waals surface area contributed by atoms with Gasteiger partial charge in [0.05, 0.1) is 10.3 Å². The van der Waals surface area contributed by atoms with Crippen LogP contribution in [0, 0.1) is 0 Å². The molecule has 3 aromatic rings. The molecule has 0 radical (unpaired) electrons. The number of carbonyl (C=O) groups excluding carboxylic acids is 1. The molecule has 5 rings (SSSR count). The summed E-state index contributed by atoms with van der Waals surface area (Å²) >= 11 is 0. The van der Waals surface area contributed by atoms with Gasteiger partial charge in [-0.25, -0.2) is 8.42 Å². The minimum atomic E-state index is -4.24. The summed E-state index contributed by atoms with van der Waals surface area (Å²) in [5.74, 6) is -0.174. The number of hydrogen-bond donors (Lipinski definition) is 2. The van der Waals surface area contributed by atoms with Crippen molar-refractivity contribution in [1.29, 1.82) is 0 Å². The molecule has 0 aromatic heterocycles. The lowest BCUT2D eigenvalue weighted by Crippen LogP contribution is -2.42. The molecule has 6 nitrogen and oxygen atoms in total. The Kier molecular flexibility index (Phi) is 7.19. The molecular formula is C29H30F3N3O3S. The largest absolute Gasteiger partial charge is 0.398 e. The first-order chi connectivity index (χ1) is 18.5. The Morgan fingerprint density at radius 1 is 0.872 bits per heavy atom. The Hall–Kier alpha value is -3.37. The van der Waals surface area contributed by atoms with E-state index in [9.17, 15) is 26.4 Å². The molecule has 1 saturated heterocycles. The van der Waals surface area contributed by atoms with Crippen LogP contribution in [0.5, 0.6) is 0 Å². The van der Waals surface area contributed by atoms with E-state index in [1.807, 2.05) is 12.1 Å². The van der Waals surface area contributed by atoms with Crippen molar-refractivity contribution in [1.82, 2.24) is 9.62 Å². The predicted molar refractivity (Wildman–Crippen MR) is 144 cm³/mol. The Bertz CT molecular complexity index is 1430. The molecule has 0 spiro atoms. The Morgan fingerprint density at radius 3 is 1.90 bits per heavy atom. The number of halogens is 3. The van der Waals surface area contributed by atoms with Crippen LogP contribution in [0.2, 0.25) is 0 Å². The normalized spacial score (nSPS) is 17.9. The quantitative estimate of drug-likeness (QED) is 0.398. The maximum atomic E-state index is 13.4. The van der Waals surface area contributed by atoms with Crippen LogP contribution in [0.1, 0.15) is 41.6 Å². The number of nitrogens with one attached hydrogen (secondary N) is 2. The predicted octanol–water partition coefficient (Wildman–Crippen LogP) is 5.57. The number of amides is 1. The highest BCUT2D eigenvalue weighted by Gasteiger charge is 2.64. The third kappa shape index (κ3) is 5.40. The van der Waals surface area contributed by atoms with Gasteiger partial charge in [0.1, 0.15) is 0 Å². The second-order valence-electron chi connectivity index (χ2n) is 10.2. The Morgan fingerprint density at radius 2 is 1.41 bits per heavy atom. The van der Waals surface area contributed by atoms with Gasteiger partial charge < -0.3 is 10.6 Å². The number of benzene rings is 3. The van der Waals surface area contributed by atoms with Crippen molar-refractivity contribution in [3.05, 3.63) is 83.9 Å². The van der Waals surface area contributed by atoms with Gasteiger partial charge in [-0.2, -0.15) is 17.5 Å². The first-order valence-electron chi connectivity index (χ1n) is 12.9. The van der Waals surface area contributed by atoms with Gasteiger partial charge in [0.2, 0.25) is 10.0 Å². The van der Waals surface area contributed by atoms with Crippen LogP contribution >= 0.6 is 0 Å². The van der Waals surface area contributed by atoms with Crippen LogP contribution < -0.4 is 10.6 Å². The standard InChI is InChI=1S/C29H30F3N3O3S/c1-33-27(36)22-4-2-20(3-5-22)21-6-12-26(13-7-21)39(37,38)35-18-14-25(15-19-35)34-24-10-8-23(9-11-24)28(16-17-28)29(30,31)32/h2-13,25,34H,14-19H2,1H3,(H,33,36). The lowest BCUT2D eigenvalue weighted by atomic mass is 9.95. The van der Waals surface area contributed by atoms with Crippen LogP contribution in [0.4, 0.5) is 18.9 Å². The second-order valence-corrected chi connectivity index (χ2v) is 12.1. The summed E-state index contributed by atoms with van der Waals surface area (Å²) < 4.78 is 68.1. The van der Waals surface area contributed by atoms with Gasteiger partial charge >= 0.3 is 6.18 Å². The molecule has 2 N–H and O–H groups in total. The van der Waals surface area contributed by atoms with Gasteiger partial charge in [0.15, 0.2) is 0 Å². The monoisotopic (exact) mass is 557 g/mol. The third-order valence-electron chi connectivity index (χ3n) is 7.75. The molecule has 1 aliphatic heterocycles. The van der Waals surface area contributed by atoms with E-state index in [1.165, 1.54) is 4.31 Å². The molecule has 0 atom stereocenters. The molecule has 10 heteroatoms. The minimum Gasteiger partial charge on any atom is -0.382 e. The van der Waals surface area contributed by atoms with Crippen LogP contribution in [0.3, 0.4) is 0 Å². The summed E-state index contributed by atoms with van der Waals surface area (Å²) in [6, 6.07) is 20.2. The van der Waals surface area contributed by atoms with Crippen molar-refractivity contribution >= 4 is 21.6 Å². The van der Waals surface area contributed by atoms with Crippen molar-refractivity contribution in [2.24, 2.45) is 0 Å². The number of hydrogen-bond acceptors (Lipinski definition) is 4. The molecule has 0 unspecified atom stereocenters. The highest BCUT2D eigenvalue weighted by Crippen LogP contribution is 2.58. The van der Waals surface area contributed by atoms with E-state index >= 15 is 0 Å². The maximum absolute atomic E-state index is 13.4. The summed E-state index contributed by atoms with van der Waals surface area (Å²) in [6.07, 6.45) is -2.80. The molecule has 1 heterocycles. The number of nitrogens with zero attached hydrogens (tertiary/aromatic N) is 1. The van der Waals surface area contributed by atoms with Crippen molar-refractivity contribution in [3.8, 4) is 11.1 Å². The number of sulfonamides is 1. The van der Waals surface area contributed by atoms with Gasteiger partial charge in [-0.05, 0) is 78.8 Å². The summed E-state index contributed by atoms with van der Waals surface area (Å²) in [4.78, 5) is 12.0. The fourth-order valence-electron chi connectivity index (χ4n) is 5.15. The SMILES string of the molecule is CNC(=O)c1ccc(-c2ccc(S(=O)(=O)N3CCC(Nc4ccc(C5(C(F)(F)F)CC5)cc4)CC3)cc2)cc1. The van der Waals surface area contributed by atoms with Gasteiger partial charge in [-0.3, -0.25) is 4.79 Å². The molecule has 39 heavy (non-hydrogen) atoms. The highest BCUT2D eigenvalue weighted by molar-refractivity contribution is 7.89. The van der Waals surface area contributed by atoms with Gasteiger partial charge in [0, 0.05) is 37.4 Å². The lowest BCUT2D eigenvalue weighted by Gasteiger charge is -2.32. The summed E-state index contributed by atoms with van der Waals surface area (Å²) in [7, 11) is -2.09. The molecule has 1 aliphatic carbocycles. The lowest BCUT2D eigenvalue weighted by molar-refractivity contribution is -0.160. The third-order valence-corrected chi connectivity index (χ3v) is 9.67. The van der Waals surface area contributed by atoms with Crippen LogP contribution in [-0.4, -0.2) is 51.0 Å². The number of carbonyl (C=O) groups is 1. The van der Waals surface area contributed by atoms with Crippen LogP contribution in [-0.2, 0) is 15.4 Å². The molecular weight excluding hydrogens is 527 g/mol. The summed E-state index contributed by atoms with van der Waals surface area (Å²) in [5, 5.41) is 5.92. The van der Waals surface area contributed by atoms with Crippen molar-refractivity contribution in [2.45, 2.75) is 48.2 Å². The fraction of sp³-hybridized carbons (Fsp3) is 0.345. The zero-order valence-corrected chi connectivity index (χ0v) is 22.3. The zero-order valence-electron chi connectivity index (χ0n) is 21.5. The second kappa shape index (κ2) is 10.3. The molecule has 1 amide bonds. The summed E-state index contributed by atoms with van der Waals surface area (Å²) in [5.41, 5.74) is 1.60. The summed E-state index contributed by atoms with van der Waals surface area (Å²) in [6.45, 7) is 0.690. The molecule has 2 fully saturated rings. The van der Waals surface area contributed by atoms with E-state index < -0.39 is 21.6 Å². The smallest absolute Gasteiger partial charge is 0.382 e. The topological polar surface area (TPSA) is 78.5 Å². The molecule has 1 saturated carbocycles. The van der Waals surface area contributed by atoms with E-state index in [0.717, 1.165) is 16.8 Å². The number of rotatable bonds is 7. The maximum Gasteiger partial charge on any atom is 0.398 e. The molecule has 3 aromatic carbocycles. The van der Waals surface area contributed by atoms with Gasteiger partial charge in [-0.1, -0.05) is 36.4 Å². The molecule has 2 aliphatic rings. The van der Waals surface area contributed by atoms with Crippen LogP contribution in [0.25, 0.3) is 11.1 Å². The first-order valence-corrected chi connectivity index (χ1v) is 14.3. The average Bonchev–Trinajstić information content (AvgIpc) is 3.76. The fourth-order valence-corrected chi connectivity index (χ4v) is 6.62. The highest BCUT2D eigenvalue weighted by atomic mass is 32.2. The van der Waals surface area contributed by atoms with Gasteiger partial charge in [-0.15, -0.1) is 0 Å². The van der Waals surface area contributed by atoms with E-state index in [4.69, 9.17) is 0 Å². The number of anilines is 1. The van der Waals surface area contributed by atoms with Crippen molar-refractivity contribution in [3.63, 3.8) is 0 Å². The van der Waals surface area contributed by atoms with E-state index in [1.54, 1.807) is 67.7 Å². The van der Waals surface area contributed by atoms with Crippen LogP contribution in [0.15, 0.2) is 77.7 Å².